The number of hydrogen-bond acceptors (Lipinski definition) is 1. The fourth-order valence-corrected chi connectivity index (χ4v) is 4.27. The van der Waals surface area contributed by atoms with Crippen LogP contribution in [-0.4, -0.2) is 18.5 Å². The van der Waals surface area contributed by atoms with Gasteiger partial charge in [0.2, 0.25) is 0 Å². The lowest BCUT2D eigenvalue weighted by Gasteiger charge is -2.15. The molecule has 0 amide bonds. The van der Waals surface area contributed by atoms with Gasteiger partial charge in [0.05, 0.1) is 5.44 Å². The highest BCUT2D eigenvalue weighted by atomic mass is 31.1. The molecular formula is C24H38NP. The Balaban J connectivity index is 2.61. The van der Waals surface area contributed by atoms with Crippen molar-refractivity contribution < 1.29 is 0 Å². The molecule has 0 spiro atoms. The number of aryl methyl sites for hydroxylation is 1. The highest BCUT2D eigenvalue weighted by Crippen LogP contribution is 2.43. The molecule has 0 saturated carbocycles. The third kappa shape index (κ3) is 7.58. The second kappa shape index (κ2) is 12.2. The summed E-state index contributed by atoms with van der Waals surface area (Å²) in [5.41, 5.74) is 6.80. The Hall–Kier alpha value is -1.20. The van der Waals surface area contributed by atoms with Crippen LogP contribution in [0, 0.1) is 0 Å². The topological polar surface area (TPSA) is 12.4 Å². The molecule has 0 N–H and O–H groups in total. The molecule has 0 radical (unpaired) electrons. The summed E-state index contributed by atoms with van der Waals surface area (Å²) in [6, 6.07) is 9.12. The number of nitrogens with zero attached hydrogens (tertiary/aromatic N) is 1. The van der Waals surface area contributed by atoms with E-state index in [-0.39, 0.29) is 7.92 Å². The minimum atomic E-state index is -0.144. The van der Waals surface area contributed by atoms with Gasteiger partial charge in [-0.1, -0.05) is 66.5 Å². The van der Waals surface area contributed by atoms with Crippen LogP contribution in [0.4, 0.5) is 0 Å². The number of aliphatic imine (C=N–C) groups is 1. The maximum atomic E-state index is 5.02. The Labute approximate surface area is 163 Å². The Bertz CT molecular complexity index is 608. The normalized spacial score (nSPS) is 14.3. The molecule has 1 atom stereocenters. The first kappa shape index (κ1) is 22.8. The standard InChI is InChI=1S/C24H38NP/c1-8-20(6)24(26(7)10-3)25-23(9-2)14-12-11-13-21-15-17-22(18-16-21)19(4)5/h9,15-19H,2,8,10-14H2,1,3-7H3/b24-20+,25-23+. The SMILES string of the molecule is C=C/C(CCCCc1ccc(C(C)C)cc1)=N\C(=C(\C)CC)P(C)CC. The molecule has 1 aromatic rings. The predicted molar refractivity (Wildman–Crippen MR) is 122 cm³/mol. The largest absolute Gasteiger partial charge is 0.253 e. The van der Waals surface area contributed by atoms with E-state index >= 15 is 0 Å². The zero-order chi connectivity index (χ0) is 19.5. The van der Waals surface area contributed by atoms with E-state index in [2.05, 4.69) is 72.1 Å². The van der Waals surface area contributed by atoms with Crippen LogP contribution in [0.3, 0.4) is 0 Å². The predicted octanol–water partition coefficient (Wildman–Crippen LogP) is 7.92. The lowest BCUT2D eigenvalue weighted by molar-refractivity contribution is 0.761. The molecule has 0 saturated heterocycles. The van der Waals surface area contributed by atoms with Crippen molar-refractivity contribution in [1.82, 2.24) is 0 Å². The minimum Gasteiger partial charge on any atom is -0.253 e. The van der Waals surface area contributed by atoms with Gasteiger partial charge in [0, 0.05) is 5.71 Å². The van der Waals surface area contributed by atoms with Gasteiger partial charge in [-0.3, -0.25) is 4.99 Å². The summed E-state index contributed by atoms with van der Waals surface area (Å²) >= 11 is 0. The molecule has 1 rings (SSSR count). The average molecular weight is 372 g/mol. The second-order valence-corrected chi connectivity index (χ2v) is 9.83. The Morgan fingerprint density at radius 2 is 1.81 bits per heavy atom. The van der Waals surface area contributed by atoms with Crippen LogP contribution in [0.1, 0.15) is 77.3 Å². The number of rotatable bonds is 11. The molecule has 1 aromatic carbocycles. The van der Waals surface area contributed by atoms with Crippen molar-refractivity contribution in [2.24, 2.45) is 4.99 Å². The fourth-order valence-electron chi connectivity index (χ4n) is 2.86. The van der Waals surface area contributed by atoms with Crippen LogP contribution in [0.25, 0.3) is 0 Å². The first-order valence-electron chi connectivity index (χ1n) is 10.1. The lowest BCUT2D eigenvalue weighted by Crippen LogP contribution is -1.98. The van der Waals surface area contributed by atoms with E-state index in [1.807, 2.05) is 6.08 Å². The first-order valence-corrected chi connectivity index (χ1v) is 12.1. The smallest absolute Gasteiger partial charge is 0.0620 e. The second-order valence-electron chi connectivity index (χ2n) is 7.38. The van der Waals surface area contributed by atoms with Crippen molar-refractivity contribution in [3.05, 3.63) is 59.1 Å². The van der Waals surface area contributed by atoms with E-state index in [0.29, 0.717) is 5.92 Å². The maximum Gasteiger partial charge on any atom is 0.0620 e. The van der Waals surface area contributed by atoms with Crippen LogP contribution in [0.2, 0.25) is 0 Å². The van der Waals surface area contributed by atoms with Gasteiger partial charge in [-0.05, 0) is 80.5 Å². The zero-order valence-electron chi connectivity index (χ0n) is 17.8. The van der Waals surface area contributed by atoms with Gasteiger partial charge < -0.3 is 0 Å². The summed E-state index contributed by atoms with van der Waals surface area (Å²) in [6.45, 7) is 17.6. The van der Waals surface area contributed by atoms with Crippen molar-refractivity contribution >= 4 is 13.6 Å². The van der Waals surface area contributed by atoms with E-state index in [1.54, 1.807) is 0 Å². The molecular weight excluding hydrogens is 333 g/mol. The Morgan fingerprint density at radius 1 is 1.15 bits per heavy atom. The molecule has 0 aliphatic rings. The van der Waals surface area contributed by atoms with Crippen molar-refractivity contribution in [3.8, 4) is 0 Å². The molecule has 0 fully saturated rings. The average Bonchev–Trinajstić information content (AvgIpc) is 2.66. The molecule has 0 aromatic heterocycles. The van der Waals surface area contributed by atoms with Gasteiger partial charge in [0.25, 0.3) is 0 Å². The van der Waals surface area contributed by atoms with Gasteiger partial charge in [0.15, 0.2) is 0 Å². The summed E-state index contributed by atoms with van der Waals surface area (Å²) in [6.07, 6.45) is 8.79. The number of unbranched alkanes of at least 4 members (excludes halogenated alkanes) is 1. The third-order valence-electron chi connectivity index (χ3n) is 5.03. The first-order chi connectivity index (χ1) is 12.4. The van der Waals surface area contributed by atoms with Crippen molar-refractivity contribution in [2.45, 2.75) is 72.6 Å². The number of hydrogen-bond donors (Lipinski definition) is 0. The molecule has 0 heterocycles. The van der Waals surface area contributed by atoms with Crippen LogP contribution in [0.15, 0.2) is 52.9 Å². The molecule has 1 nitrogen and oxygen atoms in total. The molecule has 2 heteroatoms. The molecule has 0 bridgehead atoms. The van der Waals surface area contributed by atoms with E-state index in [0.717, 1.165) is 25.0 Å². The van der Waals surface area contributed by atoms with Crippen LogP contribution >= 0.6 is 7.92 Å². The van der Waals surface area contributed by atoms with Crippen LogP contribution in [-0.2, 0) is 6.42 Å². The van der Waals surface area contributed by atoms with Crippen LogP contribution < -0.4 is 0 Å². The van der Waals surface area contributed by atoms with Crippen molar-refractivity contribution in [1.29, 1.82) is 0 Å². The number of benzene rings is 1. The Morgan fingerprint density at radius 3 is 2.31 bits per heavy atom. The highest BCUT2D eigenvalue weighted by molar-refractivity contribution is 7.61. The summed E-state index contributed by atoms with van der Waals surface area (Å²) in [5, 5.41) is 0. The van der Waals surface area contributed by atoms with Gasteiger partial charge in [-0.25, -0.2) is 0 Å². The van der Waals surface area contributed by atoms with E-state index in [9.17, 15) is 0 Å². The molecule has 0 aliphatic carbocycles. The molecule has 0 aliphatic heterocycles. The van der Waals surface area contributed by atoms with Gasteiger partial charge in [-0.2, -0.15) is 0 Å². The fraction of sp³-hybridized carbons (Fsp3) is 0.542. The summed E-state index contributed by atoms with van der Waals surface area (Å²) in [4.78, 5) is 5.02. The third-order valence-corrected chi connectivity index (χ3v) is 7.18. The van der Waals surface area contributed by atoms with Crippen molar-refractivity contribution in [2.75, 3.05) is 12.8 Å². The van der Waals surface area contributed by atoms with Crippen molar-refractivity contribution in [3.63, 3.8) is 0 Å². The lowest BCUT2D eigenvalue weighted by atomic mass is 9.99. The highest BCUT2D eigenvalue weighted by Gasteiger charge is 2.09. The maximum absolute atomic E-state index is 5.02. The van der Waals surface area contributed by atoms with E-state index in [1.165, 1.54) is 41.1 Å². The van der Waals surface area contributed by atoms with Gasteiger partial charge in [-0.15, -0.1) is 0 Å². The van der Waals surface area contributed by atoms with Crippen LogP contribution in [0.5, 0.6) is 0 Å². The van der Waals surface area contributed by atoms with Gasteiger partial charge >= 0.3 is 0 Å². The Kier molecular flexibility index (Phi) is 10.7. The quantitative estimate of drug-likeness (QED) is 0.213. The monoisotopic (exact) mass is 371 g/mol. The molecule has 1 unspecified atom stereocenters. The van der Waals surface area contributed by atoms with Gasteiger partial charge in [0.1, 0.15) is 0 Å². The zero-order valence-corrected chi connectivity index (χ0v) is 18.7. The molecule has 144 valence electrons. The molecule has 26 heavy (non-hydrogen) atoms. The minimum absolute atomic E-state index is 0.144. The summed E-state index contributed by atoms with van der Waals surface area (Å²) in [7, 11) is -0.144. The number of allylic oxidation sites excluding steroid dienone is 2. The van der Waals surface area contributed by atoms with E-state index < -0.39 is 0 Å². The summed E-state index contributed by atoms with van der Waals surface area (Å²) in [5.74, 6) is 0.608. The van der Waals surface area contributed by atoms with E-state index in [4.69, 9.17) is 4.99 Å². The summed E-state index contributed by atoms with van der Waals surface area (Å²) < 4.78 is 0.